The first-order chi connectivity index (χ1) is 11.5. The second-order valence-corrected chi connectivity index (χ2v) is 6.05. The van der Waals surface area contributed by atoms with Gasteiger partial charge in [-0.1, -0.05) is 26.0 Å². The van der Waals surface area contributed by atoms with Gasteiger partial charge in [-0.15, -0.1) is 0 Å². The topological polar surface area (TPSA) is 79.2 Å². The number of imidazole rings is 1. The van der Waals surface area contributed by atoms with Gasteiger partial charge in [-0.05, 0) is 31.9 Å². The summed E-state index contributed by atoms with van der Waals surface area (Å²) in [4.78, 5) is 16.5. The number of rotatable bonds is 8. The van der Waals surface area contributed by atoms with E-state index in [0.29, 0.717) is 25.8 Å². The fraction of sp³-hybridized carbons (Fsp3) is 0.556. The minimum Gasteiger partial charge on any atom is -0.388 e. The normalized spacial score (nSPS) is 11.7. The molecule has 2 rings (SSSR count). The Bertz CT molecular complexity index is 677. The van der Waals surface area contributed by atoms with Gasteiger partial charge in [0.1, 0.15) is 5.82 Å². The maximum atomic E-state index is 11.9. The Hall–Kier alpha value is -2.08. The molecule has 0 bridgehead atoms. The summed E-state index contributed by atoms with van der Waals surface area (Å²) < 4.78 is 2.17. The number of nitrogens with one attached hydrogen (secondary N) is 2. The molecule has 0 aliphatic rings. The zero-order valence-electron chi connectivity index (χ0n) is 14.8. The number of aryl methyl sites for hydroxylation is 1. The van der Waals surface area contributed by atoms with Gasteiger partial charge in [-0.2, -0.15) is 0 Å². The SMILES string of the molecule is CCn1c(CCNC(=O)NCC(O)(CC)CC)nc2ccccc21. The van der Waals surface area contributed by atoms with Crippen LogP contribution in [0.25, 0.3) is 11.0 Å². The number of fused-ring (bicyclic) bond motifs is 1. The number of urea groups is 1. The van der Waals surface area contributed by atoms with Crippen LogP contribution in [0.5, 0.6) is 0 Å². The Morgan fingerprint density at radius 1 is 1.21 bits per heavy atom. The average molecular weight is 332 g/mol. The highest BCUT2D eigenvalue weighted by atomic mass is 16.3. The molecule has 2 amide bonds. The van der Waals surface area contributed by atoms with Crippen LogP contribution in [-0.2, 0) is 13.0 Å². The van der Waals surface area contributed by atoms with Crippen molar-refractivity contribution in [1.29, 1.82) is 0 Å². The van der Waals surface area contributed by atoms with Gasteiger partial charge >= 0.3 is 6.03 Å². The predicted molar refractivity (Wildman–Crippen MR) is 96.0 cm³/mol. The molecule has 6 heteroatoms. The molecule has 0 atom stereocenters. The van der Waals surface area contributed by atoms with E-state index in [2.05, 4.69) is 33.2 Å². The highest BCUT2D eigenvalue weighted by molar-refractivity contribution is 5.76. The lowest BCUT2D eigenvalue weighted by Crippen LogP contribution is -2.46. The Morgan fingerprint density at radius 2 is 1.92 bits per heavy atom. The summed E-state index contributed by atoms with van der Waals surface area (Å²) in [6.45, 7) is 7.54. The molecular weight excluding hydrogens is 304 g/mol. The largest absolute Gasteiger partial charge is 0.388 e. The number of nitrogens with zero attached hydrogens (tertiary/aromatic N) is 2. The third-order valence-electron chi connectivity index (χ3n) is 4.58. The summed E-state index contributed by atoms with van der Waals surface area (Å²) >= 11 is 0. The standard InChI is InChI=1S/C18H28N4O2/c1-4-18(24,5-2)13-20-17(23)19-12-11-16-21-14-9-7-8-10-15(14)22(16)6-3/h7-10,24H,4-6,11-13H2,1-3H3,(H2,19,20,23). The van der Waals surface area contributed by atoms with Crippen molar-refractivity contribution in [2.75, 3.05) is 13.1 Å². The van der Waals surface area contributed by atoms with Crippen LogP contribution in [0, 0.1) is 0 Å². The van der Waals surface area contributed by atoms with Crippen molar-refractivity contribution in [2.24, 2.45) is 0 Å². The van der Waals surface area contributed by atoms with E-state index in [1.54, 1.807) is 0 Å². The first-order valence-electron chi connectivity index (χ1n) is 8.71. The molecule has 0 aliphatic heterocycles. The van der Waals surface area contributed by atoms with E-state index in [4.69, 9.17) is 0 Å². The second-order valence-electron chi connectivity index (χ2n) is 6.05. The lowest BCUT2D eigenvalue weighted by Gasteiger charge is -2.25. The molecule has 3 N–H and O–H groups in total. The highest BCUT2D eigenvalue weighted by Gasteiger charge is 2.22. The first-order valence-corrected chi connectivity index (χ1v) is 8.71. The fourth-order valence-electron chi connectivity index (χ4n) is 2.76. The van der Waals surface area contributed by atoms with Gasteiger partial charge in [0.15, 0.2) is 0 Å². The summed E-state index contributed by atoms with van der Waals surface area (Å²) in [5, 5.41) is 15.7. The van der Waals surface area contributed by atoms with Crippen molar-refractivity contribution in [3.8, 4) is 0 Å². The van der Waals surface area contributed by atoms with Crippen molar-refractivity contribution >= 4 is 17.1 Å². The van der Waals surface area contributed by atoms with Crippen LogP contribution >= 0.6 is 0 Å². The van der Waals surface area contributed by atoms with Gasteiger partial charge in [-0.25, -0.2) is 9.78 Å². The minimum atomic E-state index is -0.826. The monoisotopic (exact) mass is 332 g/mol. The Balaban J connectivity index is 1.87. The minimum absolute atomic E-state index is 0.255. The van der Waals surface area contributed by atoms with Crippen LogP contribution in [0.1, 0.15) is 39.4 Å². The molecule has 24 heavy (non-hydrogen) atoms. The van der Waals surface area contributed by atoms with Crippen LogP contribution in [0.2, 0.25) is 0 Å². The molecule has 0 saturated heterocycles. The molecule has 1 aromatic heterocycles. The quantitative estimate of drug-likeness (QED) is 0.695. The summed E-state index contributed by atoms with van der Waals surface area (Å²) in [6.07, 6.45) is 1.90. The van der Waals surface area contributed by atoms with Crippen molar-refractivity contribution in [3.63, 3.8) is 0 Å². The van der Waals surface area contributed by atoms with Crippen LogP contribution in [0.4, 0.5) is 4.79 Å². The van der Waals surface area contributed by atoms with E-state index >= 15 is 0 Å². The third-order valence-corrected chi connectivity index (χ3v) is 4.58. The summed E-state index contributed by atoms with van der Waals surface area (Å²) in [5.74, 6) is 0.970. The van der Waals surface area contributed by atoms with E-state index in [1.165, 1.54) is 0 Å². The average Bonchev–Trinajstić information content (AvgIpc) is 2.97. The van der Waals surface area contributed by atoms with Crippen molar-refractivity contribution in [1.82, 2.24) is 20.2 Å². The predicted octanol–water partition coefficient (Wildman–Crippen LogP) is 2.45. The van der Waals surface area contributed by atoms with Crippen molar-refractivity contribution in [2.45, 2.75) is 52.2 Å². The number of hydrogen-bond acceptors (Lipinski definition) is 3. The van der Waals surface area contributed by atoms with E-state index in [1.807, 2.05) is 32.0 Å². The van der Waals surface area contributed by atoms with Gasteiger partial charge in [0.25, 0.3) is 0 Å². The van der Waals surface area contributed by atoms with Crippen LogP contribution in [0.15, 0.2) is 24.3 Å². The zero-order chi connectivity index (χ0) is 17.6. The Morgan fingerprint density at radius 3 is 2.58 bits per heavy atom. The maximum absolute atomic E-state index is 11.9. The maximum Gasteiger partial charge on any atom is 0.314 e. The summed E-state index contributed by atoms with van der Waals surface area (Å²) in [6, 6.07) is 7.80. The molecule has 0 fully saturated rings. The van der Waals surface area contributed by atoms with Crippen molar-refractivity contribution in [3.05, 3.63) is 30.1 Å². The Labute approximate surface area is 143 Å². The van der Waals surface area contributed by atoms with Gasteiger partial charge in [-0.3, -0.25) is 0 Å². The van der Waals surface area contributed by atoms with E-state index in [0.717, 1.165) is 23.4 Å². The number of aromatic nitrogens is 2. The number of benzene rings is 1. The fourth-order valence-corrected chi connectivity index (χ4v) is 2.76. The molecule has 6 nitrogen and oxygen atoms in total. The number of amides is 2. The highest BCUT2D eigenvalue weighted by Crippen LogP contribution is 2.16. The van der Waals surface area contributed by atoms with Gasteiger partial charge in [0.05, 0.1) is 16.6 Å². The summed E-state index contributed by atoms with van der Waals surface area (Å²) in [7, 11) is 0. The van der Waals surface area contributed by atoms with Crippen LogP contribution < -0.4 is 10.6 Å². The molecule has 0 saturated carbocycles. The number of para-hydroxylation sites is 2. The zero-order valence-corrected chi connectivity index (χ0v) is 14.8. The summed E-state index contributed by atoms with van der Waals surface area (Å²) in [5.41, 5.74) is 1.28. The lowest BCUT2D eigenvalue weighted by atomic mass is 9.98. The van der Waals surface area contributed by atoms with Gasteiger partial charge in [0.2, 0.25) is 0 Å². The number of carbonyl (C=O) groups excluding carboxylic acids is 1. The molecule has 0 aliphatic carbocycles. The van der Waals surface area contributed by atoms with E-state index in [-0.39, 0.29) is 12.6 Å². The number of hydrogen-bond donors (Lipinski definition) is 3. The third kappa shape index (κ3) is 4.26. The number of carbonyl (C=O) groups is 1. The van der Waals surface area contributed by atoms with Gasteiger partial charge in [0, 0.05) is 26.1 Å². The second kappa shape index (κ2) is 8.15. The molecule has 0 unspecified atom stereocenters. The molecule has 0 radical (unpaired) electrons. The van der Waals surface area contributed by atoms with Crippen molar-refractivity contribution < 1.29 is 9.90 Å². The van der Waals surface area contributed by atoms with Crippen LogP contribution in [0.3, 0.4) is 0 Å². The molecule has 132 valence electrons. The molecule has 0 spiro atoms. The van der Waals surface area contributed by atoms with E-state index < -0.39 is 5.60 Å². The lowest BCUT2D eigenvalue weighted by molar-refractivity contribution is 0.0349. The van der Waals surface area contributed by atoms with E-state index in [9.17, 15) is 9.90 Å². The molecular formula is C18H28N4O2. The Kier molecular flexibility index (Phi) is 6.20. The first kappa shape index (κ1) is 18.3. The number of aliphatic hydroxyl groups is 1. The smallest absolute Gasteiger partial charge is 0.314 e. The molecule has 1 heterocycles. The molecule has 2 aromatic rings. The molecule has 1 aromatic carbocycles. The van der Waals surface area contributed by atoms with Gasteiger partial charge < -0.3 is 20.3 Å². The van der Waals surface area contributed by atoms with Crippen LogP contribution in [-0.4, -0.2) is 39.4 Å².